The van der Waals surface area contributed by atoms with E-state index in [0.29, 0.717) is 0 Å². The largest absolute Gasteiger partial charge is 0.339 e. The van der Waals surface area contributed by atoms with Gasteiger partial charge >= 0.3 is 6.03 Å². The lowest BCUT2D eigenvalue weighted by atomic mass is 10.2. The Hall–Kier alpha value is -3.34. The van der Waals surface area contributed by atoms with Crippen molar-refractivity contribution in [3.63, 3.8) is 0 Å². The molecule has 120 valence electrons. The zero-order chi connectivity index (χ0) is 16.8. The summed E-state index contributed by atoms with van der Waals surface area (Å²) in [5, 5.41) is 6.75. The van der Waals surface area contributed by atoms with Crippen LogP contribution in [0.3, 0.4) is 0 Å². The third-order valence-corrected chi connectivity index (χ3v) is 3.45. The highest BCUT2D eigenvalue weighted by molar-refractivity contribution is 5.90. The van der Waals surface area contributed by atoms with Gasteiger partial charge in [0.25, 0.3) is 0 Å². The van der Waals surface area contributed by atoms with Gasteiger partial charge in [0.15, 0.2) is 0 Å². The summed E-state index contributed by atoms with van der Waals surface area (Å²) in [6.07, 6.45) is 3.56. The summed E-state index contributed by atoms with van der Waals surface area (Å²) in [5.41, 5.74) is 6.19. The molecule has 0 saturated carbocycles. The van der Waals surface area contributed by atoms with E-state index < -0.39 is 0 Å². The number of aryl methyl sites for hydroxylation is 1. The number of nitrogens with zero attached hydrogens (tertiary/aromatic N) is 2. The maximum absolute atomic E-state index is 11.9. The minimum absolute atomic E-state index is 0.380. The van der Waals surface area contributed by atoms with Gasteiger partial charge in [-0.15, -0.1) is 0 Å². The molecule has 3 rings (SSSR count). The van der Waals surface area contributed by atoms with Gasteiger partial charge in [-0.05, 0) is 48.9 Å². The first-order chi connectivity index (χ1) is 11.7. The first-order valence-electron chi connectivity index (χ1n) is 7.62. The summed E-state index contributed by atoms with van der Waals surface area (Å²) in [6, 6.07) is 21.0. The van der Waals surface area contributed by atoms with Crippen molar-refractivity contribution in [3.8, 4) is 5.69 Å². The topological polar surface area (TPSA) is 58.4 Å². The maximum Gasteiger partial charge on any atom is 0.339 e. The Kier molecular flexibility index (Phi) is 4.72. The fraction of sp³-hybridized carbons (Fsp3) is 0.0526. The monoisotopic (exact) mass is 318 g/mol. The van der Waals surface area contributed by atoms with Gasteiger partial charge in [-0.25, -0.2) is 10.2 Å². The van der Waals surface area contributed by atoms with Crippen molar-refractivity contribution >= 4 is 17.9 Å². The standard InChI is InChI=1S/C19H18N4O/c1-15-7-5-8-16(13-15)21-19(24)22-20-14-18-11-6-12-23(18)17-9-3-2-4-10-17/h2-14H,1H3,(H2,21,22,24). The Morgan fingerprint density at radius 3 is 2.67 bits per heavy atom. The van der Waals surface area contributed by atoms with Crippen LogP contribution < -0.4 is 10.7 Å². The zero-order valence-electron chi connectivity index (χ0n) is 13.3. The van der Waals surface area contributed by atoms with Crippen LogP contribution in [0.15, 0.2) is 78.0 Å². The third kappa shape index (κ3) is 3.89. The van der Waals surface area contributed by atoms with Crippen LogP contribution in [-0.4, -0.2) is 16.8 Å². The summed E-state index contributed by atoms with van der Waals surface area (Å²) < 4.78 is 1.99. The second-order valence-electron chi connectivity index (χ2n) is 5.33. The summed E-state index contributed by atoms with van der Waals surface area (Å²) in [6.45, 7) is 1.97. The number of carbonyl (C=O) groups is 1. The van der Waals surface area contributed by atoms with Crippen LogP contribution in [0.25, 0.3) is 5.69 Å². The lowest BCUT2D eigenvalue weighted by molar-refractivity contribution is 0.252. The van der Waals surface area contributed by atoms with Crippen LogP contribution in [0.1, 0.15) is 11.3 Å². The highest BCUT2D eigenvalue weighted by atomic mass is 16.2. The van der Waals surface area contributed by atoms with Crippen LogP contribution in [-0.2, 0) is 0 Å². The second kappa shape index (κ2) is 7.28. The Morgan fingerprint density at radius 2 is 1.88 bits per heavy atom. The van der Waals surface area contributed by atoms with Gasteiger partial charge in [-0.2, -0.15) is 5.10 Å². The van der Waals surface area contributed by atoms with Crippen LogP contribution in [0.2, 0.25) is 0 Å². The van der Waals surface area contributed by atoms with E-state index in [1.807, 2.05) is 84.4 Å². The van der Waals surface area contributed by atoms with Gasteiger partial charge in [-0.3, -0.25) is 0 Å². The van der Waals surface area contributed by atoms with Crippen molar-refractivity contribution in [1.82, 2.24) is 9.99 Å². The van der Waals surface area contributed by atoms with Gasteiger partial charge < -0.3 is 9.88 Å². The van der Waals surface area contributed by atoms with E-state index in [1.54, 1.807) is 6.21 Å². The predicted molar refractivity (Wildman–Crippen MR) is 96.7 cm³/mol. The molecule has 0 saturated heterocycles. The van der Waals surface area contributed by atoms with Gasteiger partial charge in [0.2, 0.25) is 0 Å². The summed E-state index contributed by atoms with van der Waals surface area (Å²) in [7, 11) is 0. The maximum atomic E-state index is 11.9. The molecular formula is C19H18N4O. The number of anilines is 1. The molecule has 2 amide bonds. The number of rotatable bonds is 4. The number of amides is 2. The fourth-order valence-electron chi connectivity index (χ4n) is 2.36. The molecule has 0 aliphatic carbocycles. The van der Waals surface area contributed by atoms with Crippen molar-refractivity contribution in [2.75, 3.05) is 5.32 Å². The minimum atomic E-state index is -0.380. The van der Waals surface area contributed by atoms with E-state index in [4.69, 9.17) is 0 Å². The van der Waals surface area contributed by atoms with Crippen molar-refractivity contribution in [2.24, 2.45) is 5.10 Å². The van der Waals surface area contributed by atoms with E-state index in [9.17, 15) is 4.79 Å². The average Bonchev–Trinajstić information content (AvgIpc) is 3.04. The lowest BCUT2D eigenvalue weighted by Gasteiger charge is -2.06. The molecule has 1 heterocycles. The third-order valence-electron chi connectivity index (χ3n) is 3.45. The molecule has 3 aromatic rings. The van der Waals surface area contributed by atoms with Gasteiger partial charge in [-0.1, -0.05) is 30.3 Å². The number of carbonyl (C=O) groups excluding carboxylic acids is 1. The molecule has 2 aromatic carbocycles. The Labute approximate surface area is 140 Å². The molecule has 0 atom stereocenters. The molecule has 5 heteroatoms. The number of para-hydroxylation sites is 1. The normalized spacial score (nSPS) is 10.7. The first-order valence-corrected chi connectivity index (χ1v) is 7.62. The van der Waals surface area contributed by atoms with Crippen molar-refractivity contribution in [1.29, 1.82) is 0 Å². The predicted octanol–water partition coefficient (Wildman–Crippen LogP) is 3.94. The van der Waals surface area contributed by atoms with Crippen LogP contribution >= 0.6 is 0 Å². The summed E-state index contributed by atoms with van der Waals surface area (Å²) in [4.78, 5) is 11.9. The molecule has 0 aliphatic rings. The second-order valence-corrected chi connectivity index (χ2v) is 5.33. The van der Waals surface area contributed by atoms with E-state index >= 15 is 0 Å². The van der Waals surface area contributed by atoms with Crippen LogP contribution in [0.5, 0.6) is 0 Å². The molecule has 0 spiro atoms. The lowest BCUT2D eigenvalue weighted by Crippen LogP contribution is -2.24. The highest BCUT2D eigenvalue weighted by Gasteiger charge is 2.02. The molecule has 1 aromatic heterocycles. The van der Waals surface area contributed by atoms with Crippen molar-refractivity contribution < 1.29 is 4.79 Å². The van der Waals surface area contributed by atoms with Crippen LogP contribution in [0, 0.1) is 6.92 Å². The smallest absolute Gasteiger partial charge is 0.316 e. The molecular weight excluding hydrogens is 300 g/mol. The number of nitrogens with one attached hydrogen (secondary N) is 2. The van der Waals surface area contributed by atoms with Crippen LogP contribution in [0.4, 0.5) is 10.5 Å². The first kappa shape index (κ1) is 15.6. The highest BCUT2D eigenvalue weighted by Crippen LogP contribution is 2.11. The van der Waals surface area contributed by atoms with Crippen molar-refractivity contribution in [2.45, 2.75) is 6.92 Å². The molecule has 24 heavy (non-hydrogen) atoms. The number of hydrogen-bond acceptors (Lipinski definition) is 2. The Balaban J connectivity index is 1.63. The van der Waals surface area contributed by atoms with Gasteiger partial charge in [0, 0.05) is 17.6 Å². The Bertz CT molecular complexity index is 853. The average molecular weight is 318 g/mol. The van der Waals surface area contributed by atoms with E-state index in [0.717, 1.165) is 22.6 Å². The molecule has 2 N–H and O–H groups in total. The number of hydrogen-bond donors (Lipinski definition) is 2. The SMILES string of the molecule is Cc1cccc(NC(=O)NN=Cc2cccn2-c2ccccc2)c1. The van der Waals surface area contributed by atoms with Crippen molar-refractivity contribution in [3.05, 3.63) is 84.2 Å². The van der Waals surface area contributed by atoms with Gasteiger partial charge in [0.1, 0.15) is 0 Å². The quantitative estimate of drug-likeness (QED) is 0.555. The summed E-state index contributed by atoms with van der Waals surface area (Å²) >= 11 is 0. The zero-order valence-corrected chi connectivity index (χ0v) is 13.3. The van der Waals surface area contributed by atoms with E-state index in [-0.39, 0.29) is 6.03 Å². The molecule has 5 nitrogen and oxygen atoms in total. The van der Waals surface area contributed by atoms with Gasteiger partial charge in [0.05, 0.1) is 11.9 Å². The number of aromatic nitrogens is 1. The number of benzene rings is 2. The Morgan fingerprint density at radius 1 is 1.04 bits per heavy atom. The van der Waals surface area contributed by atoms with E-state index in [2.05, 4.69) is 15.8 Å². The van der Waals surface area contributed by atoms with E-state index in [1.165, 1.54) is 0 Å². The molecule has 0 unspecified atom stereocenters. The number of urea groups is 1. The molecule has 0 aliphatic heterocycles. The fourth-order valence-corrected chi connectivity index (χ4v) is 2.36. The molecule has 0 radical (unpaired) electrons. The number of hydrazone groups is 1. The minimum Gasteiger partial charge on any atom is -0.316 e. The summed E-state index contributed by atoms with van der Waals surface area (Å²) in [5.74, 6) is 0. The molecule has 0 bridgehead atoms. The molecule has 0 fully saturated rings.